The molecular formula is C25H26ClFN2O4S. The van der Waals surface area contributed by atoms with E-state index in [0.717, 1.165) is 31.9 Å². The summed E-state index contributed by atoms with van der Waals surface area (Å²) < 4.78 is 38.1. The summed E-state index contributed by atoms with van der Waals surface area (Å²) in [6.07, 6.45) is 5.32. The summed E-state index contributed by atoms with van der Waals surface area (Å²) >= 11 is 5.84. The van der Waals surface area contributed by atoms with Gasteiger partial charge in [0, 0.05) is 17.9 Å². The lowest BCUT2D eigenvalue weighted by molar-refractivity contribution is -0.126. The number of benzene rings is 2. The van der Waals surface area contributed by atoms with Gasteiger partial charge in [-0.2, -0.15) is 0 Å². The molecule has 34 heavy (non-hydrogen) atoms. The van der Waals surface area contributed by atoms with Gasteiger partial charge >= 0.3 is 0 Å². The molecule has 1 aliphatic heterocycles. The highest BCUT2D eigenvalue weighted by Gasteiger charge is 2.51. The largest absolute Gasteiger partial charge is 0.347 e. The van der Waals surface area contributed by atoms with Crippen LogP contribution in [-0.2, 0) is 14.6 Å². The van der Waals surface area contributed by atoms with Crippen LogP contribution in [0, 0.1) is 17.7 Å². The Kier molecular flexibility index (Phi) is 5.92. The molecule has 2 amide bonds. The van der Waals surface area contributed by atoms with Gasteiger partial charge in [0.25, 0.3) is 5.91 Å². The Morgan fingerprint density at radius 1 is 1.12 bits per heavy atom. The average molecular weight is 505 g/mol. The van der Waals surface area contributed by atoms with Crippen molar-refractivity contribution >= 4 is 33.3 Å². The highest BCUT2D eigenvalue weighted by atomic mass is 35.5. The van der Waals surface area contributed by atoms with Gasteiger partial charge < -0.3 is 10.2 Å². The fraction of sp³-hybridized carbons (Fsp3) is 0.440. The van der Waals surface area contributed by atoms with Gasteiger partial charge in [0.05, 0.1) is 16.0 Å². The van der Waals surface area contributed by atoms with Gasteiger partial charge in [-0.1, -0.05) is 23.7 Å². The van der Waals surface area contributed by atoms with Crippen molar-refractivity contribution in [2.24, 2.45) is 11.8 Å². The van der Waals surface area contributed by atoms with Crippen LogP contribution in [0.5, 0.6) is 0 Å². The molecule has 2 aromatic carbocycles. The number of fused-ring (bicyclic) bond motifs is 1. The van der Waals surface area contributed by atoms with Crippen molar-refractivity contribution in [3.05, 3.63) is 64.4 Å². The van der Waals surface area contributed by atoms with Gasteiger partial charge in [-0.3, -0.25) is 9.59 Å². The van der Waals surface area contributed by atoms with E-state index in [9.17, 15) is 22.4 Å². The first-order valence-corrected chi connectivity index (χ1v) is 13.8. The third kappa shape index (κ3) is 4.33. The lowest BCUT2D eigenvalue weighted by atomic mass is 9.80. The van der Waals surface area contributed by atoms with Gasteiger partial charge in [-0.15, -0.1) is 0 Å². The number of rotatable bonds is 6. The van der Waals surface area contributed by atoms with Crippen LogP contribution in [0.25, 0.3) is 0 Å². The second-order valence-electron chi connectivity index (χ2n) is 9.67. The van der Waals surface area contributed by atoms with Crippen molar-refractivity contribution in [3.8, 4) is 0 Å². The number of hydrogen-bond acceptors (Lipinski definition) is 4. The first-order valence-electron chi connectivity index (χ1n) is 11.5. The molecule has 2 saturated carbocycles. The van der Waals surface area contributed by atoms with Crippen molar-refractivity contribution in [2.75, 3.05) is 6.26 Å². The quantitative estimate of drug-likeness (QED) is 0.640. The predicted octanol–water partition coefficient (Wildman–Crippen LogP) is 4.14. The van der Waals surface area contributed by atoms with Crippen LogP contribution in [0.15, 0.2) is 47.4 Å². The van der Waals surface area contributed by atoms with Crippen molar-refractivity contribution in [2.45, 2.75) is 55.1 Å². The summed E-state index contributed by atoms with van der Waals surface area (Å²) in [5.74, 6) is -0.642. The number of sulfone groups is 1. The number of nitrogens with one attached hydrogen (secondary N) is 1. The molecule has 0 spiro atoms. The first kappa shape index (κ1) is 23.3. The van der Waals surface area contributed by atoms with Crippen molar-refractivity contribution < 1.29 is 22.4 Å². The topological polar surface area (TPSA) is 83.6 Å². The van der Waals surface area contributed by atoms with Gasteiger partial charge in [0.15, 0.2) is 9.84 Å². The van der Waals surface area contributed by atoms with Crippen LogP contribution in [0.2, 0.25) is 5.02 Å². The molecule has 0 bridgehead atoms. The lowest BCUT2D eigenvalue weighted by Crippen LogP contribution is -2.51. The molecule has 3 aliphatic rings. The molecule has 5 rings (SSSR count). The van der Waals surface area contributed by atoms with Crippen molar-refractivity contribution in [1.82, 2.24) is 10.2 Å². The number of carbonyl (C=O) groups is 2. The van der Waals surface area contributed by atoms with E-state index in [2.05, 4.69) is 5.32 Å². The maximum atomic E-state index is 14.1. The molecule has 0 aromatic heterocycles. The summed E-state index contributed by atoms with van der Waals surface area (Å²) in [7, 11) is -3.47. The molecular weight excluding hydrogens is 479 g/mol. The average Bonchev–Trinajstić information content (AvgIpc) is 3.58. The van der Waals surface area contributed by atoms with Gasteiger partial charge in [-0.25, -0.2) is 12.8 Å². The maximum Gasteiger partial charge on any atom is 0.254 e. The molecule has 4 atom stereocenters. The standard InChI is InChI=1S/C25H26ClFN2O4S/c1-34(32,33)18-4-2-3-17(11-18)25(31)29-21-10-8-15(21)13-22(29)24(30)28-23(14-5-6-14)16-7-9-19(26)20(27)12-16/h2-4,7,9,11-12,14-15,21-23H,5-6,8,10,13H2,1H3,(H,28,30)/t15-,21-,22-,23-/m1/s1. The zero-order chi connectivity index (χ0) is 24.2. The molecule has 3 fully saturated rings. The molecule has 1 N–H and O–H groups in total. The Labute approximate surface area is 203 Å². The Morgan fingerprint density at radius 3 is 2.50 bits per heavy atom. The Morgan fingerprint density at radius 2 is 1.88 bits per heavy atom. The van der Waals surface area contributed by atoms with E-state index in [1.165, 1.54) is 24.3 Å². The number of likely N-dealkylation sites (tertiary alicyclic amines) is 1. The molecule has 2 aliphatic carbocycles. The van der Waals surface area contributed by atoms with E-state index in [4.69, 9.17) is 11.6 Å². The van der Waals surface area contributed by atoms with E-state index >= 15 is 0 Å². The molecule has 180 valence electrons. The number of hydrogen-bond donors (Lipinski definition) is 1. The minimum absolute atomic E-state index is 0.0301. The van der Waals surface area contributed by atoms with Crippen LogP contribution in [0.3, 0.4) is 0 Å². The minimum Gasteiger partial charge on any atom is -0.347 e. The normalized spacial score (nSPS) is 24.8. The van der Waals surface area contributed by atoms with Crippen LogP contribution < -0.4 is 5.32 Å². The molecule has 1 heterocycles. The molecule has 1 saturated heterocycles. The smallest absolute Gasteiger partial charge is 0.254 e. The third-order valence-electron chi connectivity index (χ3n) is 7.34. The maximum absolute atomic E-state index is 14.1. The molecule has 9 heteroatoms. The van der Waals surface area contributed by atoms with Crippen LogP contribution >= 0.6 is 11.6 Å². The minimum atomic E-state index is -3.47. The fourth-order valence-corrected chi connectivity index (χ4v) is 6.00. The zero-order valence-electron chi connectivity index (χ0n) is 18.7. The summed E-state index contributed by atoms with van der Waals surface area (Å²) in [5, 5.41) is 3.12. The number of carbonyl (C=O) groups excluding carboxylic acids is 2. The van der Waals surface area contributed by atoms with Crippen LogP contribution in [-0.4, -0.2) is 43.5 Å². The molecule has 0 unspecified atom stereocenters. The molecule has 2 aromatic rings. The number of nitrogens with zero attached hydrogens (tertiary/aromatic N) is 1. The summed E-state index contributed by atoms with van der Waals surface area (Å²) in [6.45, 7) is 0. The monoisotopic (exact) mass is 504 g/mol. The Hall–Kier alpha value is -2.45. The highest BCUT2D eigenvalue weighted by Crippen LogP contribution is 2.46. The second-order valence-corrected chi connectivity index (χ2v) is 12.1. The summed E-state index contributed by atoms with van der Waals surface area (Å²) in [5.41, 5.74) is 0.921. The Balaban J connectivity index is 1.40. The Bertz CT molecular complexity index is 1260. The van der Waals surface area contributed by atoms with Crippen molar-refractivity contribution in [3.63, 3.8) is 0 Å². The summed E-state index contributed by atoms with van der Waals surface area (Å²) in [6, 6.07) is 9.53. The fourth-order valence-electron chi connectivity index (χ4n) is 5.22. The van der Waals surface area contributed by atoms with Crippen LogP contribution in [0.4, 0.5) is 4.39 Å². The summed E-state index contributed by atoms with van der Waals surface area (Å²) in [4.78, 5) is 28.7. The van der Waals surface area contributed by atoms with Crippen LogP contribution in [0.1, 0.15) is 54.1 Å². The number of halogens is 2. The molecule has 6 nitrogen and oxygen atoms in total. The second kappa shape index (κ2) is 8.64. The lowest BCUT2D eigenvalue weighted by Gasteiger charge is -2.37. The van der Waals surface area contributed by atoms with Crippen molar-refractivity contribution in [1.29, 1.82) is 0 Å². The van der Waals surface area contributed by atoms with Gasteiger partial charge in [0.1, 0.15) is 11.9 Å². The molecule has 0 radical (unpaired) electrons. The van der Waals surface area contributed by atoms with Gasteiger partial charge in [0.2, 0.25) is 5.91 Å². The van der Waals surface area contributed by atoms with E-state index < -0.39 is 21.7 Å². The highest BCUT2D eigenvalue weighted by molar-refractivity contribution is 7.90. The number of amides is 2. The van der Waals surface area contributed by atoms with E-state index in [1.807, 2.05) is 0 Å². The predicted molar refractivity (Wildman–Crippen MR) is 126 cm³/mol. The van der Waals surface area contributed by atoms with Gasteiger partial charge in [-0.05, 0) is 79.8 Å². The van der Waals surface area contributed by atoms with E-state index in [0.29, 0.717) is 12.0 Å². The third-order valence-corrected chi connectivity index (χ3v) is 8.75. The zero-order valence-corrected chi connectivity index (χ0v) is 20.3. The van der Waals surface area contributed by atoms with E-state index in [1.54, 1.807) is 23.1 Å². The first-order chi connectivity index (χ1) is 16.1. The SMILES string of the molecule is CS(=O)(=O)c1cccc(C(=O)N2[C@@H](C(=O)N[C@@H](c3ccc(Cl)c(F)c3)C3CC3)C[C@H]3CC[C@H]32)c1. The van der Waals surface area contributed by atoms with E-state index in [-0.39, 0.29) is 51.2 Å².